The molecular formula is C21H17N7O3S2. The predicted molar refractivity (Wildman–Crippen MR) is 121 cm³/mol. The topological polar surface area (TPSA) is 120 Å². The van der Waals surface area contributed by atoms with Gasteiger partial charge in [-0.1, -0.05) is 41.6 Å². The number of sulfonamides is 1. The molecule has 1 aliphatic rings. The van der Waals surface area contributed by atoms with Crippen molar-refractivity contribution in [1.29, 1.82) is 0 Å². The first kappa shape index (κ1) is 20.1. The molecule has 0 bridgehead atoms. The highest BCUT2D eigenvalue weighted by atomic mass is 32.2. The van der Waals surface area contributed by atoms with E-state index in [1.807, 2.05) is 37.4 Å². The van der Waals surface area contributed by atoms with Gasteiger partial charge < -0.3 is 4.52 Å². The minimum absolute atomic E-state index is 0.151. The van der Waals surface area contributed by atoms with Crippen LogP contribution in [0.2, 0.25) is 0 Å². The molecule has 0 spiro atoms. The fraction of sp³-hybridized carbons (Fsp3) is 0.190. The molecule has 2 aromatic carbocycles. The van der Waals surface area contributed by atoms with Gasteiger partial charge in [-0.25, -0.2) is 8.42 Å². The van der Waals surface area contributed by atoms with E-state index in [0.29, 0.717) is 35.5 Å². The van der Waals surface area contributed by atoms with E-state index in [4.69, 9.17) is 4.52 Å². The molecule has 6 rings (SSSR count). The molecule has 0 saturated heterocycles. The molecular weight excluding hydrogens is 462 g/mol. The van der Waals surface area contributed by atoms with E-state index in [1.54, 1.807) is 22.9 Å². The van der Waals surface area contributed by atoms with Crippen molar-refractivity contribution in [3.8, 4) is 23.0 Å². The Morgan fingerprint density at radius 2 is 1.91 bits per heavy atom. The van der Waals surface area contributed by atoms with Gasteiger partial charge in [-0.15, -0.1) is 0 Å². The maximum Gasteiger partial charge on any atom is 0.279 e. The number of benzene rings is 2. The molecule has 10 nitrogen and oxygen atoms in total. The van der Waals surface area contributed by atoms with Gasteiger partial charge >= 0.3 is 0 Å². The van der Waals surface area contributed by atoms with Crippen LogP contribution in [-0.2, 0) is 30.0 Å². The zero-order chi connectivity index (χ0) is 22.6. The number of aromatic nitrogens is 6. The number of aryl methyl sites for hydroxylation is 1. The van der Waals surface area contributed by atoms with Gasteiger partial charge in [0.1, 0.15) is 15.9 Å². The number of fused-ring (bicyclic) bond motifs is 2. The predicted octanol–water partition coefficient (Wildman–Crippen LogP) is 2.89. The summed E-state index contributed by atoms with van der Waals surface area (Å²) in [7, 11) is -1.96. The lowest BCUT2D eigenvalue weighted by atomic mass is 10.1. The number of hydrogen-bond acceptors (Lipinski definition) is 9. The Bertz CT molecular complexity index is 1590. The van der Waals surface area contributed by atoms with Crippen molar-refractivity contribution in [2.24, 2.45) is 7.05 Å². The fourth-order valence-corrected chi connectivity index (χ4v) is 6.26. The average molecular weight is 480 g/mol. The van der Waals surface area contributed by atoms with Crippen molar-refractivity contribution in [2.45, 2.75) is 17.9 Å². The molecule has 4 heterocycles. The third-order valence-corrected chi connectivity index (χ3v) is 8.15. The van der Waals surface area contributed by atoms with E-state index in [-0.39, 0.29) is 17.3 Å². The van der Waals surface area contributed by atoms with Gasteiger partial charge in [0.25, 0.3) is 5.89 Å². The van der Waals surface area contributed by atoms with Crippen molar-refractivity contribution in [2.75, 3.05) is 6.54 Å². The Kier molecular flexibility index (Phi) is 4.60. The second-order valence-corrected chi connectivity index (χ2v) is 10.1. The minimum atomic E-state index is -3.79. The molecule has 0 amide bonds. The molecule has 0 N–H and O–H groups in total. The van der Waals surface area contributed by atoms with Crippen LogP contribution in [0.3, 0.4) is 0 Å². The van der Waals surface area contributed by atoms with Gasteiger partial charge in [-0.3, -0.25) is 4.68 Å². The van der Waals surface area contributed by atoms with Crippen LogP contribution in [0.5, 0.6) is 0 Å². The lowest BCUT2D eigenvalue weighted by Crippen LogP contribution is -2.36. The van der Waals surface area contributed by atoms with Crippen LogP contribution in [0.15, 0.2) is 57.9 Å². The highest BCUT2D eigenvalue weighted by Gasteiger charge is 2.35. The molecule has 166 valence electrons. The third kappa shape index (κ3) is 3.25. The molecule has 0 aliphatic carbocycles. The Hall–Kier alpha value is -3.48. The Morgan fingerprint density at radius 3 is 2.76 bits per heavy atom. The summed E-state index contributed by atoms with van der Waals surface area (Å²) in [5, 5.41) is 8.66. The van der Waals surface area contributed by atoms with E-state index in [0.717, 1.165) is 28.5 Å². The summed E-state index contributed by atoms with van der Waals surface area (Å²) in [6.07, 6.45) is 0.517. The smallest absolute Gasteiger partial charge is 0.279 e. The average Bonchev–Trinajstić information content (AvgIpc) is 3.58. The zero-order valence-corrected chi connectivity index (χ0v) is 19.0. The van der Waals surface area contributed by atoms with Crippen LogP contribution < -0.4 is 0 Å². The first-order chi connectivity index (χ1) is 16.0. The minimum Gasteiger partial charge on any atom is -0.332 e. The normalized spacial score (nSPS) is 14.6. The first-order valence-electron chi connectivity index (χ1n) is 10.2. The van der Waals surface area contributed by atoms with Crippen molar-refractivity contribution < 1.29 is 12.9 Å². The zero-order valence-electron chi connectivity index (χ0n) is 17.4. The Balaban J connectivity index is 1.38. The third-order valence-electron chi connectivity index (χ3n) is 5.73. The monoisotopic (exact) mass is 479 g/mol. The number of rotatable bonds is 4. The standard InChI is InChI=1S/C21H17N7O3S2/c1-27-16-10-11-28(33(29,30)17-9-5-8-15-19(17)26-32-25-15)12-14(16)18(23-27)21-22-20(24-31-21)13-6-3-2-4-7-13/h2-9H,10-12H2,1H3. The summed E-state index contributed by atoms with van der Waals surface area (Å²) < 4.78 is 44.2. The van der Waals surface area contributed by atoms with Crippen molar-refractivity contribution in [3.63, 3.8) is 0 Å². The largest absolute Gasteiger partial charge is 0.332 e. The van der Waals surface area contributed by atoms with Crippen molar-refractivity contribution in [1.82, 2.24) is 33.0 Å². The van der Waals surface area contributed by atoms with Crippen molar-refractivity contribution in [3.05, 3.63) is 59.8 Å². The Morgan fingerprint density at radius 1 is 1.06 bits per heavy atom. The maximum absolute atomic E-state index is 13.5. The van der Waals surface area contributed by atoms with Crippen molar-refractivity contribution >= 4 is 32.8 Å². The summed E-state index contributed by atoms with van der Waals surface area (Å²) in [6, 6.07) is 14.5. The number of nitrogens with zero attached hydrogens (tertiary/aromatic N) is 7. The molecule has 0 saturated carbocycles. The first-order valence-corrected chi connectivity index (χ1v) is 12.3. The van der Waals surface area contributed by atoms with Crippen LogP contribution in [0.1, 0.15) is 11.3 Å². The molecule has 1 aliphatic heterocycles. The lowest BCUT2D eigenvalue weighted by molar-refractivity contribution is 0.385. The van der Waals surface area contributed by atoms with E-state index in [9.17, 15) is 8.42 Å². The van der Waals surface area contributed by atoms with Crippen LogP contribution in [0, 0.1) is 0 Å². The van der Waals surface area contributed by atoms with E-state index in [1.165, 1.54) is 4.31 Å². The second-order valence-electron chi connectivity index (χ2n) is 7.66. The summed E-state index contributed by atoms with van der Waals surface area (Å²) in [6.45, 7) is 0.485. The van der Waals surface area contributed by atoms with Gasteiger partial charge in [-0.2, -0.15) is 23.1 Å². The summed E-state index contributed by atoms with van der Waals surface area (Å²) in [5.41, 5.74) is 4.00. The molecule has 12 heteroatoms. The molecule has 0 radical (unpaired) electrons. The van der Waals surface area contributed by atoms with Gasteiger partial charge in [-0.05, 0) is 12.1 Å². The quantitative estimate of drug-likeness (QED) is 0.386. The molecule has 0 fully saturated rings. The van der Waals surface area contributed by atoms with Gasteiger partial charge in [0.15, 0.2) is 5.69 Å². The lowest BCUT2D eigenvalue weighted by Gasteiger charge is -2.26. The van der Waals surface area contributed by atoms with Crippen LogP contribution >= 0.6 is 11.7 Å². The molecule has 5 aromatic rings. The van der Waals surface area contributed by atoms with E-state index >= 15 is 0 Å². The van der Waals surface area contributed by atoms with Gasteiger partial charge in [0.2, 0.25) is 15.8 Å². The molecule has 0 atom stereocenters. The van der Waals surface area contributed by atoms with Crippen LogP contribution in [0.4, 0.5) is 0 Å². The molecule has 33 heavy (non-hydrogen) atoms. The molecule has 0 unspecified atom stereocenters. The maximum atomic E-state index is 13.5. The van der Waals surface area contributed by atoms with Gasteiger partial charge in [0.05, 0.1) is 11.7 Å². The fourth-order valence-electron chi connectivity index (χ4n) is 4.10. The highest BCUT2D eigenvalue weighted by molar-refractivity contribution is 7.89. The van der Waals surface area contributed by atoms with Crippen LogP contribution in [-0.4, -0.2) is 47.9 Å². The summed E-state index contributed by atoms with van der Waals surface area (Å²) in [5.74, 6) is 0.712. The van der Waals surface area contributed by atoms with E-state index in [2.05, 4.69) is 24.0 Å². The van der Waals surface area contributed by atoms with Crippen LogP contribution in [0.25, 0.3) is 34.0 Å². The summed E-state index contributed by atoms with van der Waals surface area (Å²) in [4.78, 5) is 4.67. The molecule has 3 aromatic heterocycles. The number of hydrogen-bond donors (Lipinski definition) is 0. The Labute approximate surface area is 192 Å². The SMILES string of the molecule is Cn1nc(-c2nc(-c3ccccc3)no2)c2c1CCN(S(=O)(=O)c1cccc3nsnc13)C2. The highest BCUT2D eigenvalue weighted by Crippen LogP contribution is 2.33. The van der Waals surface area contributed by atoms with Gasteiger partial charge in [0, 0.05) is 43.4 Å². The van der Waals surface area contributed by atoms with E-state index < -0.39 is 10.0 Å². The summed E-state index contributed by atoms with van der Waals surface area (Å²) >= 11 is 0.998. The second kappa shape index (κ2) is 7.54.